The van der Waals surface area contributed by atoms with Crippen LogP contribution >= 0.6 is 0 Å². The van der Waals surface area contributed by atoms with Gasteiger partial charge in [0.15, 0.2) is 0 Å². The molecule has 5 nitrogen and oxygen atoms in total. The predicted octanol–water partition coefficient (Wildman–Crippen LogP) is 2.30. The lowest BCUT2D eigenvalue weighted by Crippen LogP contribution is -2.42. The number of hydrogen-bond acceptors (Lipinski definition) is 3. The molecule has 1 rings (SSSR count). The van der Waals surface area contributed by atoms with Crippen LogP contribution in [0.3, 0.4) is 0 Å². The van der Waals surface area contributed by atoms with Gasteiger partial charge in [0.25, 0.3) is 0 Å². The summed E-state index contributed by atoms with van der Waals surface area (Å²) < 4.78 is 40.8. The highest BCUT2D eigenvalue weighted by atomic mass is 19.4. The normalized spacial score (nSPS) is 10.7. The molecule has 0 radical (unpaired) electrons. The molecule has 0 aliphatic carbocycles. The molecule has 2 N–H and O–H groups in total. The second-order valence-electron chi connectivity index (χ2n) is 3.36. The van der Waals surface area contributed by atoms with Crippen LogP contribution in [0, 0.1) is 0 Å². The van der Waals surface area contributed by atoms with Gasteiger partial charge in [0.2, 0.25) is 0 Å². The summed E-state index contributed by atoms with van der Waals surface area (Å²) in [5.41, 5.74) is 0.232. The summed E-state index contributed by atoms with van der Waals surface area (Å²) in [6.45, 7) is 2.26. The van der Waals surface area contributed by atoms with Crippen LogP contribution in [0.25, 0.3) is 0 Å². The summed E-state index contributed by atoms with van der Waals surface area (Å²) in [7, 11) is 0. The van der Waals surface area contributed by atoms with Crippen molar-refractivity contribution in [3.05, 3.63) is 24.3 Å². The number of halogens is 3. The Kier molecular flexibility index (Phi) is 4.74. The fourth-order valence-corrected chi connectivity index (χ4v) is 1.14. The summed E-state index contributed by atoms with van der Waals surface area (Å²) >= 11 is 0. The molecule has 0 saturated carbocycles. The lowest BCUT2D eigenvalue weighted by atomic mass is 10.3. The highest BCUT2D eigenvalue weighted by Crippen LogP contribution is 2.16. The first-order valence-electron chi connectivity index (χ1n) is 5.25. The van der Waals surface area contributed by atoms with Gasteiger partial charge in [-0.3, -0.25) is 10.1 Å². The monoisotopic (exact) mass is 276 g/mol. The standard InChI is InChI=1S/C11H11F3N2O3/c1-2-19-8-5-3-7(4-6-8)15-10(18)16-9(17)11(12,13)14/h3-6H,2H2,1H3,(H2,15,16,17,18). The van der Waals surface area contributed by atoms with E-state index in [2.05, 4.69) is 5.32 Å². The maximum Gasteiger partial charge on any atom is 0.471 e. The number of carbonyl (C=O) groups excluding carboxylic acids is 2. The first-order chi connectivity index (χ1) is 8.82. The van der Waals surface area contributed by atoms with Crippen molar-refractivity contribution in [1.82, 2.24) is 5.32 Å². The Labute approximate surface area is 106 Å². The van der Waals surface area contributed by atoms with E-state index in [9.17, 15) is 22.8 Å². The van der Waals surface area contributed by atoms with Crippen LogP contribution in [0.2, 0.25) is 0 Å². The first-order valence-corrected chi connectivity index (χ1v) is 5.25. The molecule has 19 heavy (non-hydrogen) atoms. The van der Waals surface area contributed by atoms with Gasteiger partial charge in [-0.25, -0.2) is 4.79 Å². The SMILES string of the molecule is CCOc1ccc(NC(=O)NC(=O)C(F)(F)F)cc1. The van der Waals surface area contributed by atoms with Gasteiger partial charge in [-0.05, 0) is 31.2 Å². The predicted molar refractivity (Wildman–Crippen MR) is 60.8 cm³/mol. The van der Waals surface area contributed by atoms with E-state index in [0.29, 0.717) is 12.4 Å². The molecular formula is C11H11F3N2O3. The van der Waals surface area contributed by atoms with Crippen molar-refractivity contribution in [3.8, 4) is 5.75 Å². The number of amides is 3. The number of rotatable bonds is 3. The molecule has 104 valence electrons. The third-order valence-corrected chi connectivity index (χ3v) is 1.91. The van der Waals surface area contributed by atoms with E-state index in [0.717, 1.165) is 5.32 Å². The van der Waals surface area contributed by atoms with E-state index in [1.807, 2.05) is 0 Å². The van der Waals surface area contributed by atoms with Crippen LogP contribution < -0.4 is 15.4 Å². The lowest BCUT2D eigenvalue weighted by Gasteiger charge is -2.09. The minimum atomic E-state index is -5.10. The summed E-state index contributed by atoms with van der Waals surface area (Å²) in [6, 6.07) is 4.67. The molecular weight excluding hydrogens is 265 g/mol. The number of benzene rings is 1. The Balaban J connectivity index is 2.55. The molecule has 0 aliphatic rings. The Hall–Kier alpha value is -2.25. The molecule has 0 atom stereocenters. The summed E-state index contributed by atoms with van der Waals surface area (Å²) in [5, 5.41) is 3.25. The second-order valence-corrected chi connectivity index (χ2v) is 3.36. The maximum absolute atomic E-state index is 11.9. The van der Waals surface area contributed by atoms with Crippen LogP contribution in [0.5, 0.6) is 5.75 Å². The smallest absolute Gasteiger partial charge is 0.471 e. The topological polar surface area (TPSA) is 67.4 Å². The zero-order chi connectivity index (χ0) is 14.5. The fraction of sp³-hybridized carbons (Fsp3) is 0.273. The van der Waals surface area contributed by atoms with Gasteiger partial charge in [-0.1, -0.05) is 0 Å². The van der Waals surface area contributed by atoms with Gasteiger partial charge < -0.3 is 10.1 Å². The van der Waals surface area contributed by atoms with Gasteiger partial charge in [0.1, 0.15) is 5.75 Å². The molecule has 0 aliphatic heterocycles. The van der Waals surface area contributed by atoms with E-state index < -0.39 is 18.1 Å². The molecule has 0 fully saturated rings. The molecule has 1 aromatic carbocycles. The molecule has 0 bridgehead atoms. The number of ether oxygens (including phenoxy) is 1. The van der Waals surface area contributed by atoms with Crippen LogP contribution in [-0.2, 0) is 4.79 Å². The largest absolute Gasteiger partial charge is 0.494 e. The molecule has 8 heteroatoms. The molecule has 0 spiro atoms. The van der Waals surface area contributed by atoms with E-state index in [4.69, 9.17) is 4.74 Å². The van der Waals surface area contributed by atoms with Crippen LogP contribution in [0.4, 0.5) is 23.7 Å². The number of hydrogen-bond donors (Lipinski definition) is 2. The molecule has 0 saturated heterocycles. The number of alkyl halides is 3. The minimum absolute atomic E-state index is 0.232. The van der Waals surface area contributed by atoms with E-state index in [-0.39, 0.29) is 5.69 Å². The average Bonchev–Trinajstić information content (AvgIpc) is 2.30. The molecule has 0 aromatic heterocycles. The maximum atomic E-state index is 11.9. The Morgan fingerprint density at radius 1 is 1.21 bits per heavy atom. The number of imide groups is 1. The molecule has 0 unspecified atom stereocenters. The molecule has 0 heterocycles. The minimum Gasteiger partial charge on any atom is -0.494 e. The number of nitrogens with one attached hydrogen (secondary N) is 2. The van der Waals surface area contributed by atoms with Crippen molar-refractivity contribution in [3.63, 3.8) is 0 Å². The van der Waals surface area contributed by atoms with Gasteiger partial charge in [0.05, 0.1) is 6.61 Å². The van der Waals surface area contributed by atoms with E-state index in [1.165, 1.54) is 24.3 Å². The zero-order valence-electron chi connectivity index (χ0n) is 9.88. The summed E-state index contributed by atoms with van der Waals surface area (Å²) in [5.74, 6) is -1.77. The van der Waals surface area contributed by atoms with Crippen molar-refractivity contribution in [2.45, 2.75) is 13.1 Å². The van der Waals surface area contributed by atoms with Crippen molar-refractivity contribution in [2.24, 2.45) is 0 Å². The summed E-state index contributed by atoms with van der Waals surface area (Å²) in [4.78, 5) is 21.6. The van der Waals surface area contributed by atoms with Crippen LogP contribution in [0.15, 0.2) is 24.3 Å². The van der Waals surface area contributed by atoms with Crippen molar-refractivity contribution in [1.29, 1.82) is 0 Å². The quantitative estimate of drug-likeness (QED) is 0.890. The Bertz CT molecular complexity index is 457. The average molecular weight is 276 g/mol. The fourth-order valence-electron chi connectivity index (χ4n) is 1.14. The molecule has 1 aromatic rings. The number of carbonyl (C=O) groups is 2. The Morgan fingerprint density at radius 2 is 1.79 bits per heavy atom. The second kappa shape index (κ2) is 6.07. The van der Waals surface area contributed by atoms with Crippen molar-refractivity contribution >= 4 is 17.6 Å². The van der Waals surface area contributed by atoms with E-state index in [1.54, 1.807) is 6.92 Å². The van der Waals surface area contributed by atoms with Gasteiger partial charge in [-0.2, -0.15) is 13.2 Å². The highest BCUT2D eigenvalue weighted by molar-refractivity contribution is 6.02. The summed E-state index contributed by atoms with van der Waals surface area (Å²) in [6.07, 6.45) is -5.10. The first kappa shape index (κ1) is 14.8. The van der Waals surface area contributed by atoms with Crippen LogP contribution in [-0.4, -0.2) is 24.7 Å². The van der Waals surface area contributed by atoms with Gasteiger partial charge in [0, 0.05) is 5.69 Å². The number of urea groups is 1. The van der Waals surface area contributed by atoms with Gasteiger partial charge >= 0.3 is 18.1 Å². The van der Waals surface area contributed by atoms with Gasteiger partial charge in [-0.15, -0.1) is 0 Å². The van der Waals surface area contributed by atoms with Crippen molar-refractivity contribution < 1.29 is 27.5 Å². The third kappa shape index (κ3) is 4.86. The lowest BCUT2D eigenvalue weighted by molar-refractivity contribution is -0.172. The highest BCUT2D eigenvalue weighted by Gasteiger charge is 2.39. The van der Waals surface area contributed by atoms with E-state index >= 15 is 0 Å². The van der Waals surface area contributed by atoms with Crippen molar-refractivity contribution in [2.75, 3.05) is 11.9 Å². The Morgan fingerprint density at radius 3 is 2.26 bits per heavy atom. The van der Waals surface area contributed by atoms with Crippen LogP contribution in [0.1, 0.15) is 6.92 Å². The molecule has 3 amide bonds. The zero-order valence-corrected chi connectivity index (χ0v) is 9.88. The third-order valence-electron chi connectivity index (χ3n) is 1.91. The number of anilines is 1.